The second-order valence-corrected chi connectivity index (χ2v) is 6.54. The molecule has 1 aromatic carbocycles. The lowest BCUT2D eigenvalue weighted by Crippen LogP contribution is -2.54. The van der Waals surface area contributed by atoms with Gasteiger partial charge in [-0.2, -0.15) is 0 Å². The molecule has 0 aliphatic carbocycles. The van der Waals surface area contributed by atoms with E-state index in [0.29, 0.717) is 13.1 Å². The number of ether oxygens (including phenoxy) is 3. The summed E-state index contributed by atoms with van der Waals surface area (Å²) in [7, 11) is 0. The van der Waals surface area contributed by atoms with E-state index in [1.165, 1.54) is 12.3 Å². The Balaban J connectivity index is 1.62. The molecule has 6 heteroatoms. The number of rotatable bonds is 5. The van der Waals surface area contributed by atoms with Gasteiger partial charge in [-0.25, -0.2) is 9.59 Å². The van der Waals surface area contributed by atoms with Crippen molar-refractivity contribution in [3.05, 3.63) is 48.2 Å². The zero-order valence-electron chi connectivity index (χ0n) is 14.2. The monoisotopic (exact) mass is 333 g/mol. The van der Waals surface area contributed by atoms with Gasteiger partial charge >= 0.3 is 12.1 Å². The predicted octanol–water partition coefficient (Wildman–Crippen LogP) is 2.88. The summed E-state index contributed by atoms with van der Waals surface area (Å²) in [6.07, 6.45) is 2.05. The van der Waals surface area contributed by atoms with Gasteiger partial charge in [0.1, 0.15) is 18.3 Å². The molecule has 1 aliphatic rings. The maximum atomic E-state index is 11.8. The molecule has 0 saturated carbocycles. The summed E-state index contributed by atoms with van der Waals surface area (Å²) < 4.78 is 15.7. The summed E-state index contributed by atoms with van der Waals surface area (Å²) in [5.41, 5.74) is 0.413. The fourth-order valence-corrected chi connectivity index (χ4v) is 2.03. The summed E-state index contributed by atoms with van der Waals surface area (Å²) in [5, 5.41) is 0. The molecule has 130 valence electrons. The number of carbonyl (C=O) groups is 2. The molecule has 0 atom stereocenters. The number of nitrogens with zero attached hydrogens (tertiary/aromatic N) is 1. The molecule has 1 amide bonds. The molecule has 6 nitrogen and oxygen atoms in total. The average Bonchev–Trinajstić information content (AvgIpc) is 2.46. The highest BCUT2D eigenvalue weighted by atomic mass is 16.6. The summed E-state index contributed by atoms with van der Waals surface area (Å²) in [6.45, 7) is 6.51. The SMILES string of the molecule is CC(C)(C)OC(=O)/C=C/OC1CN(C(=O)OCc2ccccc2)C1. The van der Waals surface area contributed by atoms with Gasteiger partial charge in [0.25, 0.3) is 0 Å². The van der Waals surface area contributed by atoms with Crippen LogP contribution < -0.4 is 0 Å². The van der Waals surface area contributed by atoms with Crippen molar-refractivity contribution in [2.45, 2.75) is 39.1 Å². The summed E-state index contributed by atoms with van der Waals surface area (Å²) in [6, 6.07) is 9.50. The maximum Gasteiger partial charge on any atom is 0.410 e. The zero-order valence-corrected chi connectivity index (χ0v) is 14.2. The average molecular weight is 333 g/mol. The van der Waals surface area contributed by atoms with E-state index in [1.54, 1.807) is 25.7 Å². The highest BCUT2D eigenvalue weighted by Crippen LogP contribution is 2.14. The Bertz CT molecular complexity index is 585. The fourth-order valence-electron chi connectivity index (χ4n) is 2.03. The Hall–Kier alpha value is -2.50. The van der Waals surface area contributed by atoms with Crippen molar-refractivity contribution < 1.29 is 23.8 Å². The molecular weight excluding hydrogens is 310 g/mol. The number of likely N-dealkylation sites (tertiary alicyclic amines) is 1. The quantitative estimate of drug-likeness (QED) is 0.471. The number of carbonyl (C=O) groups excluding carboxylic acids is 2. The molecule has 0 aromatic heterocycles. The first-order chi connectivity index (χ1) is 11.3. The molecule has 24 heavy (non-hydrogen) atoms. The lowest BCUT2D eigenvalue weighted by molar-refractivity contribution is -0.148. The molecule has 0 radical (unpaired) electrons. The molecule has 1 fully saturated rings. The van der Waals surface area contributed by atoms with E-state index in [9.17, 15) is 9.59 Å². The van der Waals surface area contributed by atoms with Crippen molar-refractivity contribution in [3.63, 3.8) is 0 Å². The highest BCUT2D eigenvalue weighted by molar-refractivity contribution is 5.81. The van der Waals surface area contributed by atoms with E-state index in [1.807, 2.05) is 30.3 Å². The van der Waals surface area contributed by atoms with Crippen LogP contribution in [0, 0.1) is 0 Å². The third-order valence-electron chi connectivity index (χ3n) is 3.19. The van der Waals surface area contributed by atoms with Gasteiger partial charge in [0.2, 0.25) is 0 Å². The second kappa shape index (κ2) is 7.86. The first-order valence-electron chi connectivity index (χ1n) is 7.84. The van der Waals surface area contributed by atoms with Gasteiger partial charge in [-0.15, -0.1) is 0 Å². The van der Waals surface area contributed by atoms with Crippen molar-refractivity contribution in [2.24, 2.45) is 0 Å². The number of esters is 1. The van der Waals surface area contributed by atoms with E-state index in [4.69, 9.17) is 14.2 Å². The molecule has 0 spiro atoms. The van der Waals surface area contributed by atoms with E-state index in [-0.39, 0.29) is 18.8 Å². The molecule has 0 unspecified atom stereocenters. The van der Waals surface area contributed by atoms with Crippen LogP contribution in [0.3, 0.4) is 0 Å². The second-order valence-electron chi connectivity index (χ2n) is 6.54. The van der Waals surface area contributed by atoms with E-state index < -0.39 is 11.6 Å². The molecule has 1 aliphatic heterocycles. The first-order valence-corrected chi connectivity index (χ1v) is 7.84. The van der Waals surface area contributed by atoms with Gasteiger partial charge in [0.05, 0.1) is 25.4 Å². The standard InChI is InChI=1S/C18H23NO5/c1-18(2,3)24-16(20)9-10-22-15-11-19(12-15)17(21)23-13-14-7-5-4-6-8-14/h4-10,15H,11-13H2,1-3H3/b10-9+. The molecule has 1 heterocycles. The van der Waals surface area contributed by atoms with Crippen LogP contribution >= 0.6 is 0 Å². The van der Waals surface area contributed by atoms with Crippen LogP contribution in [-0.4, -0.2) is 41.8 Å². The number of hydrogen-bond donors (Lipinski definition) is 0. The third-order valence-corrected chi connectivity index (χ3v) is 3.19. The van der Waals surface area contributed by atoms with Crippen LogP contribution in [0.25, 0.3) is 0 Å². The zero-order chi connectivity index (χ0) is 17.6. The van der Waals surface area contributed by atoms with Crippen LogP contribution in [-0.2, 0) is 25.6 Å². The van der Waals surface area contributed by atoms with E-state index in [0.717, 1.165) is 5.56 Å². The van der Waals surface area contributed by atoms with Crippen molar-refractivity contribution in [2.75, 3.05) is 13.1 Å². The van der Waals surface area contributed by atoms with Gasteiger partial charge in [-0.05, 0) is 26.3 Å². The number of hydrogen-bond acceptors (Lipinski definition) is 5. The Kier molecular flexibility index (Phi) is 5.84. The maximum absolute atomic E-state index is 11.8. The van der Waals surface area contributed by atoms with E-state index in [2.05, 4.69) is 0 Å². The van der Waals surface area contributed by atoms with Crippen LogP contribution in [0.1, 0.15) is 26.3 Å². The number of amides is 1. The Labute approximate surface area is 142 Å². The van der Waals surface area contributed by atoms with Crippen LogP contribution in [0.5, 0.6) is 0 Å². The van der Waals surface area contributed by atoms with Crippen LogP contribution in [0.2, 0.25) is 0 Å². The minimum absolute atomic E-state index is 0.132. The van der Waals surface area contributed by atoms with Crippen molar-refractivity contribution in [3.8, 4) is 0 Å². The molecule has 1 aromatic rings. The van der Waals surface area contributed by atoms with E-state index >= 15 is 0 Å². The van der Waals surface area contributed by atoms with Crippen LogP contribution in [0.4, 0.5) is 4.79 Å². The molecular formula is C18H23NO5. The molecule has 0 N–H and O–H groups in total. The van der Waals surface area contributed by atoms with Gasteiger partial charge in [0.15, 0.2) is 0 Å². The van der Waals surface area contributed by atoms with Gasteiger partial charge < -0.3 is 19.1 Å². The van der Waals surface area contributed by atoms with Gasteiger partial charge in [-0.1, -0.05) is 30.3 Å². The van der Waals surface area contributed by atoms with Gasteiger partial charge in [0, 0.05) is 0 Å². The predicted molar refractivity (Wildman–Crippen MR) is 88.1 cm³/mol. The summed E-state index contributed by atoms with van der Waals surface area (Å²) >= 11 is 0. The molecule has 0 bridgehead atoms. The van der Waals surface area contributed by atoms with Gasteiger partial charge in [-0.3, -0.25) is 0 Å². The van der Waals surface area contributed by atoms with Crippen molar-refractivity contribution in [1.29, 1.82) is 0 Å². The fraction of sp³-hybridized carbons (Fsp3) is 0.444. The van der Waals surface area contributed by atoms with Crippen molar-refractivity contribution >= 4 is 12.1 Å². The minimum Gasteiger partial charge on any atom is -0.494 e. The highest BCUT2D eigenvalue weighted by Gasteiger charge is 2.32. The Morgan fingerprint density at radius 3 is 2.50 bits per heavy atom. The number of benzene rings is 1. The molecule has 1 saturated heterocycles. The molecule has 2 rings (SSSR count). The topological polar surface area (TPSA) is 65.1 Å². The summed E-state index contributed by atoms with van der Waals surface area (Å²) in [5.74, 6) is -0.457. The lowest BCUT2D eigenvalue weighted by atomic mass is 10.2. The van der Waals surface area contributed by atoms with Crippen molar-refractivity contribution in [1.82, 2.24) is 4.90 Å². The van der Waals surface area contributed by atoms with Crippen LogP contribution in [0.15, 0.2) is 42.7 Å². The first kappa shape index (κ1) is 17.8. The largest absolute Gasteiger partial charge is 0.494 e. The Morgan fingerprint density at radius 1 is 1.21 bits per heavy atom. The normalized spacial score (nSPS) is 15.0. The minimum atomic E-state index is -0.531. The Morgan fingerprint density at radius 2 is 1.88 bits per heavy atom. The third kappa shape index (κ3) is 5.95. The lowest BCUT2D eigenvalue weighted by Gasteiger charge is -2.37. The smallest absolute Gasteiger partial charge is 0.410 e. The summed E-state index contributed by atoms with van der Waals surface area (Å²) in [4.78, 5) is 24.9.